The molecule has 4 rings (SSSR count). The van der Waals surface area contributed by atoms with Gasteiger partial charge >= 0.3 is 6.03 Å². The fraction of sp³-hybridized carbons (Fsp3) is 0.0588. The van der Waals surface area contributed by atoms with E-state index in [4.69, 9.17) is 5.14 Å². The number of nitrogens with one attached hydrogen (secondary N) is 2. The minimum absolute atomic E-state index is 0.0179. The SMILES string of the molecule is Cc1c(NC(=O)Nc2ccc(S(N)(=O)=O)cc2)sc2nc3ccccc3n12. The van der Waals surface area contributed by atoms with Gasteiger partial charge in [0.2, 0.25) is 10.0 Å². The Morgan fingerprint density at radius 2 is 1.81 bits per heavy atom. The number of carbonyl (C=O) groups is 1. The number of hydrogen-bond acceptors (Lipinski definition) is 5. The van der Waals surface area contributed by atoms with Crippen LogP contribution in [0.3, 0.4) is 0 Å². The molecular weight excluding hydrogens is 386 g/mol. The molecule has 0 saturated carbocycles. The number of carbonyl (C=O) groups excluding carboxylic acids is 1. The Morgan fingerprint density at radius 3 is 2.52 bits per heavy atom. The summed E-state index contributed by atoms with van der Waals surface area (Å²) in [6, 6.07) is 13.0. The van der Waals surface area contributed by atoms with Gasteiger partial charge in [0.05, 0.1) is 21.6 Å². The Balaban J connectivity index is 1.55. The van der Waals surface area contributed by atoms with E-state index in [2.05, 4.69) is 15.6 Å². The van der Waals surface area contributed by atoms with Gasteiger partial charge in [0.1, 0.15) is 5.00 Å². The molecule has 0 aliphatic rings. The van der Waals surface area contributed by atoms with Crippen LogP contribution in [0.25, 0.3) is 16.0 Å². The molecule has 0 saturated heterocycles. The molecule has 2 aromatic heterocycles. The molecule has 2 heterocycles. The van der Waals surface area contributed by atoms with Gasteiger partial charge < -0.3 is 5.32 Å². The normalized spacial score (nSPS) is 11.8. The smallest absolute Gasteiger partial charge is 0.308 e. The summed E-state index contributed by atoms with van der Waals surface area (Å²) in [5.74, 6) is 0. The van der Waals surface area contributed by atoms with Crippen LogP contribution in [0.15, 0.2) is 53.4 Å². The highest BCUT2D eigenvalue weighted by atomic mass is 32.2. The molecule has 0 aliphatic heterocycles. The second kappa shape index (κ2) is 6.34. The van der Waals surface area contributed by atoms with E-state index in [0.717, 1.165) is 21.7 Å². The van der Waals surface area contributed by atoms with Gasteiger partial charge in [-0.05, 0) is 43.3 Å². The van der Waals surface area contributed by atoms with E-state index in [9.17, 15) is 13.2 Å². The molecule has 2 aromatic carbocycles. The fourth-order valence-corrected chi connectivity index (χ4v) is 4.32. The van der Waals surface area contributed by atoms with E-state index in [0.29, 0.717) is 10.7 Å². The molecule has 4 aromatic rings. The third kappa shape index (κ3) is 3.25. The van der Waals surface area contributed by atoms with Crippen LogP contribution in [0.4, 0.5) is 15.5 Å². The largest absolute Gasteiger partial charge is 0.324 e. The second-order valence-electron chi connectivity index (χ2n) is 5.88. The number of aryl methyl sites for hydroxylation is 1. The maximum absolute atomic E-state index is 12.3. The molecule has 8 nitrogen and oxygen atoms in total. The molecule has 4 N–H and O–H groups in total. The Bertz CT molecular complexity index is 1270. The van der Waals surface area contributed by atoms with E-state index in [1.165, 1.54) is 35.6 Å². The number of benzene rings is 2. The Kier molecular flexibility index (Phi) is 4.10. The van der Waals surface area contributed by atoms with Crippen molar-refractivity contribution in [2.24, 2.45) is 5.14 Å². The first kappa shape index (κ1) is 17.5. The molecule has 27 heavy (non-hydrogen) atoms. The summed E-state index contributed by atoms with van der Waals surface area (Å²) in [4.78, 5) is 17.6. The predicted molar refractivity (Wildman–Crippen MR) is 106 cm³/mol. The monoisotopic (exact) mass is 401 g/mol. The number of sulfonamides is 1. The number of nitrogens with two attached hydrogens (primary N) is 1. The van der Waals surface area contributed by atoms with Gasteiger partial charge in [-0.15, -0.1) is 0 Å². The molecule has 0 bridgehead atoms. The molecule has 0 fully saturated rings. The van der Waals surface area contributed by atoms with Gasteiger partial charge in [-0.1, -0.05) is 23.5 Å². The summed E-state index contributed by atoms with van der Waals surface area (Å²) in [6.07, 6.45) is 0. The number of anilines is 2. The second-order valence-corrected chi connectivity index (χ2v) is 8.42. The lowest BCUT2D eigenvalue weighted by atomic mass is 10.3. The minimum atomic E-state index is -3.76. The number of aromatic nitrogens is 2. The van der Waals surface area contributed by atoms with E-state index in [-0.39, 0.29) is 4.90 Å². The Morgan fingerprint density at radius 1 is 1.11 bits per heavy atom. The zero-order valence-electron chi connectivity index (χ0n) is 14.1. The average Bonchev–Trinajstić information content (AvgIpc) is 3.11. The highest BCUT2D eigenvalue weighted by Gasteiger charge is 2.15. The number of para-hydroxylation sites is 2. The van der Waals surface area contributed by atoms with Crippen LogP contribution in [-0.2, 0) is 10.0 Å². The standard InChI is InChI=1S/C17H15N5O3S2/c1-10-15(26-17-20-13-4-2-3-5-14(13)22(10)17)21-16(23)19-11-6-8-12(9-7-11)27(18,24)25/h2-9H,1H3,(H2,18,24,25)(H2,19,21,23). The van der Waals surface area contributed by atoms with Crippen LogP contribution in [0.1, 0.15) is 5.69 Å². The van der Waals surface area contributed by atoms with Gasteiger partial charge in [-0.2, -0.15) is 0 Å². The quantitative estimate of drug-likeness (QED) is 0.488. The molecule has 0 radical (unpaired) electrons. The summed E-state index contributed by atoms with van der Waals surface area (Å²) >= 11 is 1.38. The minimum Gasteiger partial charge on any atom is -0.308 e. The van der Waals surface area contributed by atoms with E-state index < -0.39 is 16.1 Å². The van der Waals surface area contributed by atoms with Crippen molar-refractivity contribution in [1.29, 1.82) is 0 Å². The first-order valence-corrected chi connectivity index (χ1v) is 10.3. The highest BCUT2D eigenvalue weighted by molar-refractivity contribution is 7.89. The van der Waals surface area contributed by atoms with Crippen LogP contribution in [-0.4, -0.2) is 23.8 Å². The highest BCUT2D eigenvalue weighted by Crippen LogP contribution is 2.31. The summed E-state index contributed by atoms with van der Waals surface area (Å²) in [5.41, 5.74) is 3.21. The Hall–Kier alpha value is -2.95. The van der Waals surface area contributed by atoms with Crippen molar-refractivity contribution in [1.82, 2.24) is 9.38 Å². The van der Waals surface area contributed by atoms with Crippen LogP contribution in [0.2, 0.25) is 0 Å². The van der Waals surface area contributed by atoms with Crippen LogP contribution in [0, 0.1) is 6.92 Å². The topological polar surface area (TPSA) is 119 Å². The van der Waals surface area contributed by atoms with E-state index in [1.54, 1.807) is 0 Å². The summed E-state index contributed by atoms with van der Waals surface area (Å²) < 4.78 is 24.5. The van der Waals surface area contributed by atoms with Crippen molar-refractivity contribution >= 4 is 54.1 Å². The van der Waals surface area contributed by atoms with Gasteiger partial charge in [-0.25, -0.2) is 23.3 Å². The number of hydrogen-bond donors (Lipinski definition) is 3. The molecule has 2 amide bonds. The van der Waals surface area contributed by atoms with Gasteiger partial charge in [0.25, 0.3) is 0 Å². The average molecular weight is 401 g/mol. The molecule has 138 valence electrons. The summed E-state index contributed by atoms with van der Waals surface area (Å²) in [6.45, 7) is 1.91. The summed E-state index contributed by atoms with van der Waals surface area (Å²) in [7, 11) is -3.76. The van der Waals surface area contributed by atoms with E-state index in [1.807, 2.05) is 35.6 Å². The van der Waals surface area contributed by atoms with Crippen molar-refractivity contribution in [2.45, 2.75) is 11.8 Å². The third-order valence-corrected chi connectivity index (χ3v) is 6.04. The lowest BCUT2D eigenvalue weighted by Crippen LogP contribution is -2.19. The lowest BCUT2D eigenvalue weighted by Gasteiger charge is -2.07. The van der Waals surface area contributed by atoms with Crippen molar-refractivity contribution in [3.63, 3.8) is 0 Å². The van der Waals surface area contributed by atoms with Crippen molar-refractivity contribution in [2.75, 3.05) is 10.6 Å². The maximum atomic E-state index is 12.3. The number of urea groups is 1. The third-order valence-electron chi connectivity index (χ3n) is 4.06. The number of nitrogens with zero attached hydrogens (tertiary/aromatic N) is 2. The first-order valence-electron chi connectivity index (χ1n) is 7.90. The van der Waals surface area contributed by atoms with Crippen molar-refractivity contribution in [3.8, 4) is 0 Å². The molecule has 0 spiro atoms. The number of amides is 2. The molecule has 0 atom stereocenters. The van der Waals surface area contributed by atoms with Crippen LogP contribution in [0.5, 0.6) is 0 Å². The number of primary sulfonamides is 1. The molecule has 0 unspecified atom stereocenters. The fourth-order valence-electron chi connectivity index (χ4n) is 2.77. The van der Waals surface area contributed by atoms with Crippen molar-refractivity contribution < 1.29 is 13.2 Å². The zero-order chi connectivity index (χ0) is 19.2. The predicted octanol–water partition coefficient (Wildman–Crippen LogP) is 3.15. The van der Waals surface area contributed by atoms with Gasteiger partial charge in [0, 0.05) is 5.69 Å². The van der Waals surface area contributed by atoms with Crippen molar-refractivity contribution in [3.05, 3.63) is 54.2 Å². The maximum Gasteiger partial charge on any atom is 0.324 e. The first-order chi connectivity index (χ1) is 12.8. The number of rotatable bonds is 3. The lowest BCUT2D eigenvalue weighted by molar-refractivity contribution is 0.262. The molecule has 10 heteroatoms. The Labute approximate surface area is 158 Å². The number of thiazole rings is 1. The van der Waals surface area contributed by atoms with Gasteiger partial charge in [-0.3, -0.25) is 9.72 Å². The van der Waals surface area contributed by atoms with E-state index >= 15 is 0 Å². The van der Waals surface area contributed by atoms with Gasteiger partial charge in [0.15, 0.2) is 4.96 Å². The zero-order valence-corrected chi connectivity index (χ0v) is 15.8. The van der Waals surface area contributed by atoms with Crippen LogP contribution < -0.4 is 15.8 Å². The summed E-state index contributed by atoms with van der Waals surface area (Å²) in [5, 5.41) is 11.2. The van der Waals surface area contributed by atoms with Crippen LogP contribution >= 0.6 is 11.3 Å². The molecule has 0 aliphatic carbocycles. The molecular formula is C17H15N5O3S2. The number of fused-ring (bicyclic) bond motifs is 3. The number of imidazole rings is 1.